The van der Waals surface area contributed by atoms with Gasteiger partial charge >= 0.3 is 0 Å². The first-order valence-electron chi connectivity index (χ1n) is 8.81. The SMILES string of the molecule is O=C(Nc1ccc(F)c(F)c1F)C1CCN(C(=O)Cc2ccc(F)cc2)CC1. The second-order valence-corrected chi connectivity index (χ2v) is 6.67. The molecule has 0 aliphatic carbocycles. The molecule has 0 spiro atoms. The first-order chi connectivity index (χ1) is 13.3. The number of nitrogens with one attached hydrogen (secondary N) is 1. The second-order valence-electron chi connectivity index (χ2n) is 6.67. The quantitative estimate of drug-likeness (QED) is 0.636. The van der Waals surface area contributed by atoms with Crippen LogP contribution in [0.4, 0.5) is 23.2 Å². The lowest BCUT2D eigenvalue weighted by molar-refractivity contribution is -0.133. The Morgan fingerprint density at radius 2 is 1.57 bits per heavy atom. The third kappa shape index (κ3) is 4.49. The number of halogens is 4. The van der Waals surface area contributed by atoms with Gasteiger partial charge in [0.1, 0.15) is 5.82 Å². The van der Waals surface area contributed by atoms with Gasteiger partial charge < -0.3 is 10.2 Å². The van der Waals surface area contributed by atoms with Crippen LogP contribution in [0.1, 0.15) is 18.4 Å². The van der Waals surface area contributed by atoms with Crippen LogP contribution in [0.3, 0.4) is 0 Å². The van der Waals surface area contributed by atoms with Crippen molar-refractivity contribution in [3.8, 4) is 0 Å². The Morgan fingerprint density at radius 1 is 0.929 bits per heavy atom. The molecule has 0 aromatic heterocycles. The largest absolute Gasteiger partial charge is 0.342 e. The molecule has 8 heteroatoms. The van der Waals surface area contributed by atoms with Gasteiger partial charge in [-0.05, 0) is 42.7 Å². The average molecular weight is 394 g/mol. The summed E-state index contributed by atoms with van der Waals surface area (Å²) >= 11 is 0. The van der Waals surface area contributed by atoms with Crippen LogP contribution in [0.2, 0.25) is 0 Å². The molecule has 1 N–H and O–H groups in total. The molecule has 3 rings (SSSR count). The van der Waals surface area contributed by atoms with Gasteiger partial charge in [-0.25, -0.2) is 17.6 Å². The average Bonchev–Trinajstić information content (AvgIpc) is 2.70. The number of rotatable bonds is 4. The predicted molar refractivity (Wildman–Crippen MR) is 94.4 cm³/mol. The topological polar surface area (TPSA) is 49.4 Å². The highest BCUT2D eigenvalue weighted by Crippen LogP contribution is 2.23. The number of carbonyl (C=O) groups is 2. The highest BCUT2D eigenvalue weighted by atomic mass is 19.2. The summed E-state index contributed by atoms with van der Waals surface area (Å²) in [7, 11) is 0. The van der Waals surface area contributed by atoms with E-state index in [1.165, 1.54) is 12.1 Å². The molecule has 0 unspecified atom stereocenters. The minimum absolute atomic E-state index is 0.128. The Bertz CT molecular complexity index is 879. The van der Waals surface area contributed by atoms with Gasteiger partial charge in [-0.1, -0.05) is 12.1 Å². The minimum atomic E-state index is -1.64. The Labute approximate surface area is 159 Å². The molecule has 28 heavy (non-hydrogen) atoms. The fraction of sp³-hybridized carbons (Fsp3) is 0.300. The van der Waals surface area contributed by atoms with E-state index in [1.807, 2.05) is 0 Å². The Kier molecular flexibility index (Phi) is 5.96. The van der Waals surface area contributed by atoms with Gasteiger partial charge in [-0.2, -0.15) is 0 Å². The molecule has 1 aliphatic heterocycles. The fourth-order valence-electron chi connectivity index (χ4n) is 3.14. The maximum Gasteiger partial charge on any atom is 0.227 e. The lowest BCUT2D eigenvalue weighted by Gasteiger charge is -2.31. The monoisotopic (exact) mass is 394 g/mol. The minimum Gasteiger partial charge on any atom is -0.342 e. The third-order valence-corrected chi connectivity index (χ3v) is 4.78. The number of piperidine rings is 1. The zero-order valence-electron chi connectivity index (χ0n) is 14.9. The summed E-state index contributed by atoms with van der Waals surface area (Å²) in [6.45, 7) is 0.691. The van der Waals surface area contributed by atoms with Crippen molar-refractivity contribution in [3.63, 3.8) is 0 Å². The standard InChI is InChI=1S/C20H18F4N2O2/c21-14-3-1-12(2-4-14)11-17(27)26-9-7-13(8-10-26)20(28)25-16-6-5-15(22)18(23)19(16)24/h1-6,13H,7-11H2,(H,25,28). The number of carbonyl (C=O) groups excluding carboxylic acids is 2. The van der Waals surface area contributed by atoms with Crippen molar-refractivity contribution >= 4 is 17.5 Å². The first kappa shape index (κ1) is 19.9. The maximum atomic E-state index is 13.7. The van der Waals surface area contributed by atoms with Gasteiger partial charge in [0.15, 0.2) is 17.5 Å². The van der Waals surface area contributed by atoms with Gasteiger partial charge in [-0.3, -0.25) is 9.59 Å². The van der Waals surface area contributed by atoms with Crippen molar-refractivity contribution in [1.29, 1.82) is 0 Å². The lowest BCUT2D eigenvalue weighted by atomic mass is 9.95. The van der Waals surface area contributed by atoms with Crippen molar-refractivity contribution in [3.05, 3.63) is 65.2 Å². The molecule has 0 saturated carbocycles. The van der Waals surface area contributed by atoms with E-state index in [1.54, 1.807) is 17.0 Å². The Hall–Kier alpha value is -2.90. The van der Waals surface area contributed by atoms with Crippen molar-refractivity contribution in [2.75, 3.05) is 18.4 Å². The molecule has 2 amide bonds. The predicted octanol–water partition coefficient (Wildman–Crippen LogP) is 3.66. The lowest BCUT2D eigenvalue weighted by Crippen LogP contribution is -2.42. The molecule has 1 fully saturated rings. The van der Waals surface area contributed by atoms with Crippen LogP contribution in [0.5, 0.6) is 0 Å². The molecular weight excluding hydrogens is 376 g/mol. The third-order valence-electron chi connectivity index (χ3n) is 4.78. The van der Waals surface area contributed by atoms with E-state index in [0.29, 0.717) is 31.5 Å². The fourth-order valence-corrected chi connectivity index (χ4v) is 3.14. The molecule has 1 aliphatic rings. The van der Waals surface area contributed by atoms with Crippen LogP contribution in [0.15, 0.2) is 36.4 Å². The summed E-state index contributed by atoms with van der Waals surface area (Å²) in [6, 6.07) is 7.37. The summed E-state index contributed by atoms with van der Waals surface area (Å²) in [5.41, 5.74) is 0.277. The summed E-state index contributed by atoms with van der Waals surface area (Å²) < 4.78 is 52.8. The molecule has 1 saturated heterocycles. The number of hydrogen-bond donors (Lipinski definition) is 1. The number of benzene rings is 2. The number of nitrogens with zero attached hydrogens (tertiary/aromatic N) is 1. The van der Waals surface area contributed by atoms with Gasteiger partial charge in [0.2, 0.25) is 11.8 Å². The van der Waals surface area contributed by atoms with E-state index in [0.717, 1.165) is 12.1 Å². The molecule has 148 valence electrons. The van der Waals surface area contributed by atoms with Crippen molar-refractivity contribution in [2.45, 2.75) is 19.3 Å². The van der Waals surface area contributed by atoms with E-state index >= 15 is 0 Å². The molecule has 2 aromatic carbocycles. The van der Waals surface area contributed by atoms with Crippen molar-refractivity contribution in [1.82, 2.24) is 4.90 Å². The van der Waals surface area contributed by atoms with Crippen LogP contribution >= 0.6 is 0 Å². The second kappa shape index (κ2) is 8.41. The van der Waals surface area contributed by atoms with Gasteiger partial charge in [0, 0.05) is 19.0 Å². The van der Waals surface area contributed by atoms with E-state index < -0.39 is 35.0 Å². The highest BCUT2D eigenvalue weighted by Gasteiger charge is 2.28. The highest BCUT2D eigenvalue weighted by molar-refractivity contribution is 5.93. The summed E-state index contributed by atoms with van der Waals surface area (Å²) in [5.74, 6) is -5.89. The van der Waals surface area contributed by atoms with Gasteiger partial charge in [0.25, 0.3) is 0 Å². The summed E-state index contributed by atoms with van der Waals surface area (Å²) in [5, 5.41) is 2.28. The van der Waals surface area contributed by atoms with Gasteiger partial charge in [0.05, 0.1) is 12.1 Å². The molecule has 2 aromatic rings. The normalized spacial score (nSPS) is 14.8. The number of hydrogen-bond acceptors (Lipinski definition) is 2. The summed E-state index contributed by atoms with van der Waals surface area (Å²) in [6.07, 6.45) is 0.871. The molecule has 0 atom stereocenters. The van der Waals surface area contributed by atoms with E-state index in [2.05, 4.69) is 5.32 Å². The maximum absolute atomic E-state index is 13.7. The van der Waals surface area contributed by atoms with Gasteiger partial charge in [-0.15, -0.1) is 0 Å². The van der Waals surface area contributed by atoms with E-state index in [4.69, 9.17) is 0 Å². The Morgan fingerprint density at radius 3 is 2.21 bits per heavy atom. The smallest absolute Gasteiger partial charge is 0.227 e. The molecular formula is C20H18F4N2O2. The van der Waals surface area contributed by atoms with Crippen LogP contribution < -0.4 is 5.32 Å². The molecule has 4 nitrogen and oxygen atoms in total. The van der Waals surface area contributed by atoms with E-state index in [9.17, 15) is 27.2 Å². The summed E-state index contributed by atoms with van der Waals surface area (Å²) in [4.78, 5) is 26.2. The number of amides is 2. The molecule has 1 heterocycles. The Balaban J connectivity index is 1.53. The first-order valence-corrected chi connectivity index (χ1v) is 8.81. The van der Waals surface area contributed by atoms with E-state index in [-0.39, 0.29) is 18.1 Å². The molecule has 0 bridgehead atoms. The van der Waals surface area contributed by atoms with Crippen molar-refractivity contribution < 1.29 is 27.2 Å². The van der Waals surface area contributed by atoms with Crippen LogP contribution in [-0.4, -0.2) is 29.8 Å². The molecule has 0 radical (unpaired) electrons. The van der Waals surface area contributed by atoms with Crippen LogP contribution in [-0.2, 0) is 16.0 Å². The zero-order valence-corrected chi connectivity index (χ0v) is 14.9. The van der Waals surface area contributed by atoms with Crippen LogP contribution in [0.25, 0.3) is 0 Å². The zero-order chi connectivity index (χ0) is 20.3. The number of likely N-dealkylation sites (tertiary alicyclic amines) is 1. The number of anilines is 1. The van der Waals surface area contributed by atoms with Crippen LogP contribution in [0, 0.1) is 29.2 Å². The van der Waals surface area contributed by atoms with Crippen molar-refractivity contribution in [2.24, 2.45) is 5.92 Å².